The molecular weight excluding hydrogens is 338 g/mol. The highest BCUT2D eigenvalue weighted by molar-refractivity contribution is 5.51. The Balaban J connectivity index is 1.90. The minimum atomic E-state index is -0.708. The summed E-state index contributed by atoms with van der Waals surface area (Å²) in [6.45, 7) is 5.90. The highest BCUT2D eigenvalue weighted by Gasteiger charge is 2.08. The van der Waals surface area contributed by atoms with E-state index in [9.17, 15) is 8.78 Å². The number of halogens is 2. The van der Waals surface area contributed by atoms with Gasteiger partial charge in [-0.3, -0.25) is 0 Å². The van der Waals surface area contributed by atoms with E-state index in [2.05, 4.69) is 23.7 Å². The molecule has 132 valence electrons. The van der Waals surface area contributed by atoms with E-state index in [-0.39, 0.29) is 11.1 Å². The molecule has 27 heavy (non-hydrogen) atoms. The lowest BCUT2D eigenvalue weighted by Gasteiger charge is -2.01. The first kappa shape index (κ1) is 18.4. The van der Waals surface area contributed by atoms with Crippen molar-refractivity contribution in [1.29, 1.82) is 0 Å². The summed E-state index contributed by atoms with van der Waals surface area (Å²) in [5.41, 5.74) is 4.81. The Morgan fingerprint density at radius 3 is 1.81 bits per heavy atom. The third-order valence-corrected chi connectivity index (χ3v) is 4.15. The summed E-state index contributed by atoms with van der Waals surface area (Å²) < 4.78 is 28.7. The average molecular weight is 356 g/mol. The quantitative estimate of drug-likeness (QED) is 0.454. The highest BCUT2D eigenvalue weighted by atomic mass is 19.1. The van der Waals surface area contributed by atoms with Gasteiger partial charge >= 0.3 is 0 Å². The summed E-state index contributed by atoms with van der Waals surface area (Å²) in [4.78, 5) is 0. The van der Waals surface area contributed by atoms with Crippen molar-refractivity contribution in [1.82, 2.24) is 0 Å². The van der Waals surface area contributed by atoms with Crippen LogP contribution in [-0.2, 0) is 0 Å². The second kappa shape index (κ2) is 7.90. The monoisotopic (exact) mass is 356 g/mol. The molecule has 0 nitrogen and oxygen atoms in total. The summed E-state index contributed by atoms with van der Waals surface area (Å²) in [6.07, 6.45) is 0. The number of hydrogen-bond acceptors (Lipinski definition) is 0. The lowest BCUT2D eigenvalue weighted by molar-refractivity contribution is 0.577. The Bertz CT molecular complexity index is 1090. The van der Waals surface area contributed by atoms with Crippen LogP contribution in [-0.4, -0.2) is 0 Å². The molecule has 0 aliphatic heterocycles. The Hall–Kier alpha value is -3.36. The highest BCUT2D eigenvalue weighted by Crippen LogP contribution is 2.15. The molecule has 0 saturated carbocycles. The fraction of sp³-hybridized carbons (Fsp3) is 0.120. The molecule has 2 heteroatoms. The van der Waals surface area contributed by atoms with Gasteiger partial charge in [-0.1, -0.05) is 59.1 Å². The van der Waals surface area contributed by atoms with Gasteiger partial charge in [0.15, 0.2) is 0 Å². The van der Waals surface area contributed by atoms with E-state index in [0.717, 1.165) is 27.8 Å². The van der Waals surface area contributed by atoms with Crippen molar-refractivity contribution < 1.29 is 8.78 Å². The largest absolute Gasteiger partial charge is 0.205 e. The maximum absolute atomic E-state index is 14.3. The fourth-order valence-electron chi connectivity index (χ4n) is 2.63. The zero-order chi connectivity index (χ0) is 19.4. The number of aryl methyl sites for hydroxylation is 3. The Morgan fingerprint density at radius 2 is 1.19 bits per heavy atom. The Morgan fingerprint density at radius 1 is 0.593 bits per heavy atom. The third kappa shape index (κ3) is 4.63. The van der Waals surface area contributed by atoms with E-state index in [1.165, 1.54) is 12.1 Å². The summed E-state index contributed by atoms with van der Waals surface area (Å²) in [5.74, 6) is 9.77. The number of benzene rings is 3. The smallest absolute Gasteiger partial charge is 0.143 e. The number of hydrogen-bond donors (Lipinski definition) is 0. The maximum atomic E-state index is 14.3. The zero-order valence-electron chi connectivity index (χ0n) is 15.5. The van der Waals surface area contributed by atoms with E-state index in [0.29, 0.717) is 0 Å². The standard InChI is InChI=1S/C25H18F2/c1-17-4-7-20(8-5-17)9-10-21-15-24(26)23(25(27)16-21)13-12-22-11-6-18(2)14-19(22)3/h4-8,11,14-16H,1-3H3. The van der Waals surface area contributed by atoms with Crippen LogP contribution < -0.4 is 0 Å². The van der Waals surface area contributed by atoms with Crippen molar-refractivity contribution in [2.75, 3.05) is 0 Å². The second-order valence-electron chi connectivity index (χ2n) is 6.50. The van der Waals surface area contributed by atoms with E-state index in [1.54, 1.807) is 0 Å². The minimum Gasteiger partial charge on any atom is -0.205 e. The van der Waals surface area contributed by atoms with Crippen LogP contribution in [0, 0.1) is 56.1 Å². The van der Waals surface area contributed by atoms with Crippen LogP contribution in [0.4, 0.5) is 8.78 Å². The van der Waals surface area contributed by atoms with Crippen molar-refractivity contribution in [2.24, 2.45) is 0 Å². The van der Waals surface area contributed by atoms with Crippen LogP contribution in [0.25, 0.3) is 0 Å². The predicted molar refractivity (Wildman–Crippen MR) is 105 cm³/mol. The summed E-state index contributed by atoms with van der Waals surface area (Å²) in [6, 6.07) is 15.8. The van der Waals surface area contributed by atoms with Crippen molar-refractivity contribution in [3.63, 3.8) is 0 Å². The zero-order valence-corrected chi connectivity index (χ0v) is 15.5. The Labute approximate surface area is 158 Å². The third-order valence-electron chi connectivity index (χ3n) is 4.15. The van der Waals surface area contributed by atoms with Crippen molar-refractivity contribution in [3.05, 3.63) is 105 Å². The average Bonchev–Trinajstić information content (AvgIpc) is 2.62. The van der Waals surface area contributed by atoms with Gasteiger partial charge in [-0.05, 0) is 56.7 Å². The van der Waals surface area contributed by atoms with Crippen molar-refractivity contribution in [3.8, 4) is 23.7 Å². The van der Waals surface area contributed by atoms with Gasteiger partial charge in [-0.2, -0.15) is 0 Å². The SMILES string of the molecule is Cc1ccc(C#Cc2cc(F)c(C#Cc3ccc(C)cc3C)c(F)c2)cc1. The molecule has 0 aliphatic carbocycles. The molecule has 0 saturated heterocycles. The minimum absolute atomic E-state index is 0.240. The van der Waals surface area contributed by atoms with Gasteiger partial charge in [0.1, 0.15) is 11.6 Å². The molecule has 0 spiro atoms. The van der Waals surface area contributed by atoms with Gasteiger partial charge in [-0.15, -0.1) is 0 Å². The van der Waals surface area contributed by atoms with Crippen LogP contribution in [0.1, 0.15) is 38.9 Å². The van der Waals surface area contributed by atoms with E-state index >= 15 is 0 Å². The number of rotatable bonds is 0. The van der Waals surface area contributed by atoms with Gasteiger partial charge in [0.05, 0.1) is 5.56 Å². The molecule has 0 heterocycles. The molecule has 0 bridgehead atoms. The first-order chi connectivity index (χ1) is 12.9. The van der Waals surface area contributed by atoms with Crippen molar-refractivity contribution in [2.45, 2.75) is 20.8 Å². The lowest BCUT2D eigenvalue weighted by atomic mass is 10.0. The molecule has 3 aromatic rings. The molecule has 0 aliphatic rings. The van der Waals surface area contributed by atoms with Crippen molar-refractivity contribution >= 4 is 0 Å². The predicted octanol–water partition coefficient (Wildman–Crippen LogP) is 5.69. The molecule has 0 N–H and O–H groups in total. The van der Waals surface area contributed by atoms with E-state index in [4.69, 9.17) is 0 Å². The molecule has 3 aromatic carbocycles. The topological polar surface area (TPSA) is 0 Å². The van der Waals surface area contributed by atoms with Crippen LogP contribution in [0.3, 0.4) is 0 Å². The molecule has 0 atom stereocenters. The van der Waals surface area contributed by atoms with Crippen LogP contribution in [0.5, 0.6) is 0 Å². The van der Waals surface area contributed by atoms with Crippen LogP contribution in [0.2, 0.25) is 0 Å². The molecule has 0 unspecified atom stereocenters. The molecule has 0 amide bonds. The van der Waals surface area contributed by atoms with Crippen LogP contribution in [0.15, 0.2) is 54.6 Å². The lowest BCUT2D eigenvalue weighted by Crippen LogP contribution is -1.93. The van der Waals surface area contributed by atoms with Gasteiger partial charge in [0.25, 0.3) is 0 Å². The molecular formula is C25H18F2. The molecule has 0 fully saturated rings. The van der Waals surface area contributed by atoms with Gasteiger partial charge in [0, 0.05) is 16.7 Å². The molecule has 0 radical (unpaired) electrons. The van der Waals surface area contributed by atoms with Gasteiger partial charge < -0.3 is 0 Å². The van der Waals surface area contributed by atoms with Gasteiger partial charge in [0.2, 0.25) is 0 Å². The molecule has 3 rings (SSSR count). The van der Waals surface area contributed by atoms with E-state index in [1.807, 2.05) is 63.2 Å². The fourth-order valence-corrected chi connectivity index (χ4v) is 2.63. The van der Waals surface area contributed by atoms with Crippen LogP contribution >= 0.6 is 0 Å². The van der Waals surface area contributed by atoms with E-state index < -0.39 is 11.6 Å². The van der Waals surface area contributed by atoms with Gasteiger partial charge in [-0.25, -0.2) is 8.78 Å². The first-order valence-corrected chi connectivity index (χ1v) is 8.59. The summed E-state index contributed by atoms with van der Waals surface area (Å²) in [5, 5.41) is 0. The second-order valence-corrected chi connectivity index (χ2v) is 6.50. The Kier molecular flexibility index (Phi) is 5.39. The molecule has 0 aromatic heterocycles. The maximum Gasteiger partial charge on any atom is 0.143 e. The summed E-state index contributed by atoms with van der Waals surface area (Å²) >= 11 is 0. The normalized spacial score (nSPS) is 9.81. The first-order valence-electron chi connectivity index (χ1n) is 8.59. The summed E-state index contributed by atoms with van der Waals surface area (Å²) in [7, 11) is 0.